The summed E-state index contributed by atoms with van der Waals surface area (Å²) in [4.78, 5) is 0. The van der Waals surface area contributed by atoms with E-state index in [1.807, 2.05) is 0 Å². The predicted molar refractivity (Wildman–Crippen MR) is 66.4 cm³/mol. The van der Waals surface area contributed by atoms with Crippen LogP contribution < -0.4 is 0 Å². The molecule has 1 aliphatic rings. The molecule has 3 heteroatoms. The van der Waals surface area contributed by atoms with Crippen LogP contribution in [0.4, 0.5) is 0 Å². The Labute approximate surface area is 102 Å². The zero-order valence-corrected chi connectivity index (χ0v) is 11.1. The van der Waals surface area contributed by atoms with Gasteiger partial charge >= 0.3 is 0 Å². The van der Waals surface area contributed by atoms with Crippen LogP contribution >= 0.6 is 15.9 Å². The maximum atomic E-state index is 5.39. The number of rotatable bonds is 9. The van der Waals surface area contributed by atoms with Crippen LogP contribution in [-0.4, -0.2) is 24.8 Å². The lowest BCUT2D eigenvalue weighted by Gasteiger charge is -2.07. The Bertz CT molecular complexity index is 136. The number of ether oxygens (including phenoxy) is 2. The van der Waals surface area contributed by atoms with E-state index in [-0.39, 0.29) is 6.29 Å². The van der Waals surface area contributed by atoms with Gasteiger partial charge in [-0.15, -0.1) is 0 Å². The minimum atomic E-state index is 0.110. The highest BCUT2D eigenvalue weighted by Gasteiger charge is 2.14. The van der Waals surface area contributed by atoms with Crippen LogP contribution in [-0.2, 0) is 9.47 Å². The van der Waals surface area contributed by atoms with Crippen molar-refractivity contribution in [3.05, 3.63) is 0 Å². The summed E-state index contributed by atoms with van der Waals surface area (Å²) in [6.45, 7) is 1.58. The third-order valence-corrected chi connectivity index (χ3v) is 3.33. The first-order valence-electron chi connectivity index (χ1n) is 6.22. The predicted octanol–water partition coefficient (Wildman–Crippen LogP) is 3.88. The molecular formula is C12H23BrO2. The van der Waals surface area contributed by atoms with Crippen LogP contribution in [0, 0.1) is 0 Å². The first-order chi connectivity index (χ1) is 7.43. The molecule has 0 saturated carbocycles. The molecule has 0 aliphatic carbocycles. The topological polar surface area (TPSA) is 18.5 Å². The molecular weight excluding hydrogens is 256 g/mol. The van der Waals surface area contributed by atoms with Crippen molar-refractivity contribution in [2.75, 3.05) is 18.5 Å². The van der Waals surface area contributed by atoms with Crippen LogP contribution in [0.1, 0.15) is 51.4 Å². The fraction of sp³-hybridized carbons (Fsp3) is 1.00. The molecule has 0 aromatic heterocycles. The average Bonchev–Trinajstić information content (AvgIpc) is 2.75. The third kappa shape index (κ3) is 7.31. The van der Waals surface area contributed by atoms with Crippen molar-refractivity contribution in [1.29, 1.82) is 0 Å². The Hall–Kier alpha value is 0.400. The first kappa shape index (κ1) is 13.5. The van der Waals surface area contributed by atoms with Gasteiger partial charge in [-0.25, -0.2) is 0 Å². The van der Waals surface area contributed by atoms with Gasteiger partial charge in [-0.2, -0.15) is 0 Å². The van der Waals surface area contributed by atoms with Gasteiger partial charge in [-0.05, 0) is 19.3 Å². The molecule has 1 rings (SSSR count). The van der Waals surface area contributed by atoms with E-state index >= 15 is 0 Å². The van der Waals surface area contributed by atoms with Crippen LogP contribution in [0.5, 0.6) is 0 Å². The maximum Gasteiger partial charge on any atom is 0.157 e. The lowest BCUT2D eigenvalue weighted by atomic mass is 10.1. The number of hydrogen-bond acceptors (Lipinski definition) is 2. The van der Waals surface area contributed by atoms with Gasteiger partial charge in [0.1, 0.15) is 0 Å². The summed E-state index contributed by atoms with van der Waals surface area (Å²) in [5.41, 5.74) is 0. The van der Waals surface area contributed by atoms with Gasteiger partial charge in [-0.3, -0.25) is 0 Å². The van der Waals surface area contributed by atoms with E-state index in [0.717, 1.165) is 25.0 Å². The number of hydrogen-bond donors (Lipinski definition) is 0. The molecule has 0 amide bonds. The molecule has 0 atom stereocenters. The molecule has 0 spiro atoms. The summed E-state index contributed by atoms with van der Waals surface area (Å²) >= 11 is 3.45. The lowest BCUT2D eigenvalue weighted by molar-refractivity contribution is -0.0480. The van der Waals surface area contributed by atoms with E-state index < -0.39 is 0 Å². The summed E-state index contributed by atoms with van der Waals surface area (Å²) in [6, 6.07) is 0. The highest BCUT2D eigenvalue weighted by Crippen LogP contribution is 2.14. The average molecular weight is 279 g/mol. The molecule has 2 nitrogen and oxygen atoms in total. The summed E-state index contributed by atoms with van der Waals surface area (Å²) in [7, 11) is 0. The van der Waals surface area contributed by atoms with Crippen molar-refractivity contribution in [2.24, 2.45) is 0 Å². The van der Waals surface area contributed by atoms with Crippen molar-refractivity contribution in [3.8, 4) is 0 Å². The summed E-state index contributed by atoms with van der Waals surface area (Å²) in [5.74, 6) is 0. The summed E-state index contributed by atoms with van der Waals surface area (Å²) < 4.78 is 10.8. The fourth-order valence-electron chi connectivity index (χ4n) is 1.86. The highest BCUT2D eigenvalue weighted by atomic mass is 79.9. The molecule has 1 fully saturated rings. The zero-order chi connectivity index (χ0) is 10.8. The monoisotopic (exact) mass is 278 g/mol. The van der Waals surface area contributed by atoms with E-state index in [2.05, 4.69) is 15.9 Å². The molecule has 15 heavy (non-hydrogen) atoms. The largest absolute Gasteiger partial charge is 0.350 e. The van der Waals surface area contributed by atoms with E-state index in [4.69, 9.17) is 9.47 Å². The minimum Gasteiger partial charge on any atom is -0.350 e. The Morgan fingerprint density at radius 1 is 0.800 bits per heavy atom. The van der Waals surface area contributed by atoms with Gasteiger partial charge in [0.15, 0.2) is 6.29 Å². The van der Waals surface area contributed by atoms with Gasteiger partial charge in [0.2, 0.25) is 0 Å². The van der Waals surface area contributed by atoms with E-state index in [0.29, 0.717) is 0 Å². The third-order valence-electron chi connectivity index (χ3n) is 2.76. The van der Waals surface area contributed by atoms with Crippen LogP contribution in [0.25, 0.3) is 0 Å². The molecule has 1 saturated heterocycles. The molecule has 0 N–H and O–H groups in total. The Balaban J connectivity index is 1.73. The van der Waals surface area contributed by atoms with Crippen molar-refractivity contribution < 1.29 is 9.47 Å². The molecule has 0 bridgehead atoms. The fourth-order valence-corrected chi connectivity index (χ4v) is 2.26. The quantitative estimate of drug-likeness (QED) is 0.471. The maximum absolute atomic E-state index is 5.39. The molecule has 0 radical (unpaired) electrons. The minimum absolute atomic E-state index is 0.110. The second-order valence-electron chi connectivity index (χ2n) is 4.12. The number of halogens is 1. The van der Waals surface area contributed by atoms with Crippen LogP contribution in [0.3, 0.4) is 0 Å². The van der Waals surface area contributed by atoms with Gasteiger partial charge in [0.25, 0.3) is 0 Å². The number of unbranched alkanes of at least 4 members (excludes halogenated alkanes) is 6. The first-order valence-corrected chi connectivity index (χ1v) is 7.35. The zero-order valence-electron chi connectivity index (χ0n) is 9.55. The lowest BCUT2D eigenvalue weighted by Crippen LogP contribution is -2.06. The van der Waals surface area contributed by atoms with Crippen molar-refractivity contribution in [2.45, 2.75) is 57.7 Å². The van der Waals surface area contributed by atoms with Gasteiger partial charge < -0.3 is 9.47 Å². The second kappa shape index (κ2) is 9.61. The van der Waals surface area contributed by atoms with Gasteiger partial charge in [0, 0.05) is 5.33 Å². The normalized spacial score (nSPS) is 17.4. The Morgan fingerprint density at radius 2 is 1.33 bits per heavy atom. The highest BCUT2D eigenvalue weighted by molar-refractivity contribution is 9.09. The van der Waals surface area contributed by atoms with Crippen molar-refractivity contribution >= 4 is 15.9 Å². The standard InChI is InChI=1S/C12H23BrO2/c13-9-7-5-3-1-2-4-6-8-12-14-10-11-15-12/h12H,1-11H2. The molecule has 0 aromatic carbocycles. The van der Waals surface area contributed by atoms with E-state index in [1.165, 1.54) is 44.9 Å². The summed E-state index contributed by atoms with van der Waals surface area (Å²) in [5, 5.41) is 1.16. The van der Waals surface area contributed by atoms with E-state index in [1.54, 1.807) is 0 Å². The Kier molecular flexibility index (Phi) is 8.63. The molecule has 90 valence electrons. The van der Waals surface area contributed by atoms with Crippen molar-refractivity contribution in [3.63, 3.8) is 0 Å². The smallest absolute Gasteiger partial charge is 0.157 e. The molecule has 0 unspecified atom stereocenters. The molecule has 0 aromatic rings. The van der Waals surface area contributed by atoms with Crippen LogP contribution in [0.15, 0.2) is 0 Å². The molecule has 1 heterocycles. The Morgan fingerprint density at radius 3 is 1.93 bits per heavy atom. The second-order valence-corrected chi connectivity index (χ2v) is 4.92. The van der Waals surface area contributed by atoms with Gasteiger partial charge in [-0.1, -0.05) is 48.0 Å². The number of alkyl halides is 1. The summed E-state index contributed by atoms with van der Waals surface area (Å²) in [6.07, 6.45) is 10.6. The molecule has 1 aliphatic heterocycles. The van der Waals surface area contributed by atoms with Gasteiger partial charge in [0.05, 0.1) is 13.2 Å². The van der Waals surface area contributed by atoms with Crippen molar-refractivity contribution in [1.82, 2.24) is 0 Å². The van der Waals surface area contributed by atoms with Crippen LogP contribution in [0.2, 0.25) is 0 Å². The SMILES string of the molecule is BrCCCCCCCCCC1OCCO1. The van der Waals surface area contributed by atoms with E-state index in [9.17, 15) is 0 Å².